The van der Waals surface area contributed by atoms with Gasteiger partial charge in [0.1, 0.15) is 0 Å². The van der Waals surface area contributed by atoms with Crippen LogP contribution >= 0.6 is 0 Å². The summed E-state index contributed by atoms with van der Waals surface area (Å²) in [6.07, 6.45) is 4.41. The molecule has 1 aliphatic rings. The fourth-order valence-corrected chi connectivity index (χ4v) is 1.08. The van der Waals surface area contributed by atoms with Gasteiger partial charge in [0.15, 0.2) is 0 Å². The van der Waals surface area contributed by atoms with Crippen LogP contribution in [0.3, 0.4) is 0 Å². The maximum atomic E-state index is 11.1. The van der Waals surface area contributed by atoms with Gasteiger partial charge in [0.25, 0.3) is 0 Å². The minimum absolute atomic E-state index is 0.207. The summed E-state index contributed by atoms with van der Waals surface area (Å²) in [5, 5.41) is 2.86. The summed E-state index contributed by atoms with van der Waals surface area (Å²) in [6, 6.07) is 0. The van der Waals surface area contributed by atoms with E-state index in [2.05, 4.69) is 12.2 Å². The van der Waals surface area contributed by atoms with Crippen LogP contribution in [0.4, 0.5) is 0 Å². The lowest BCUT2D eigenvalue weighted by Gasteiger charge is -2.04. The van der Waals surface area contributed by atoms with Crippen LogP contribution in [-0.4, -0.2) is 25.7 Å². The number of carbonyl (C=O) groups excluding carboxylic acids is 1. The number of amides is 1. The van der Waals surface area contributed by atoms with E-state index in [0.29, 0.717) is 19.1 Å². The molecule has 0 saturated heterocycles. The van der Waals surface area contributed by atoms with Gasteiger partial charge >= 0.3 is 0 Å². The Balaban J connectivity index is 1.80. The van der Waals surface area contributed by atoms with Crippen molar-refractivity contribution >= 4 is 5.91 Å². The van der Waals surface area contributed by atoms with Gasteiger partial charge in [-0.25, -0.2) is 0 Å². The van der Waals surface area contributed by atoms with E-state index in [1.165, 1.54) is 0 Å². The Morgan fingerprint density at radius 2 is 2.23 bits per heavy atom. The van der Waals surface area contributed by atoms with Crippen molar-refractivity contribution in [3.05, 3.63) is 0 Å². The molecule has 0 aromatic heterocycles. The van der Waals surface area contributed by atoms with E-state index >= 15 is 0 Å². The molecule has 0 radical (unpaired) electrons. The lowest BCUT2D eigenvalue weighted by Crippen LogP contribution is -2.28. The first kappa shape index (κ1) is 10.5. The van der Waals surface area contributed by atoms with Gasteiger partial charge in [0.05, 0.1) is 6.61 Å². The van der Waals surface area contributed by atoms with E-state index in [9.17, 15) is 4.79 Å². The molecular weight excluding hydrogens is 166 g/mol. The third-order valence-electron chi connectivity index (χ3n) is 2.14. The highest BCUT2D eigenvalue weighted by atomic mass is 16.5. The van der Waals surface area contributed by atoms with E-state index in [1.54, 1.807) is 0 Å². The third-order valence-corrected chi connectivity index (χ3v) is 2.14. The summed E-state index contributed by atoms with van der Waals surface area (Å²) in [4.78, 5) is 11.1. The molecule has 0 atom stereocenters. The number of hydrogen-bond acceptors (Lipinski definition) is 2. The second-order valence-electron chi connectivity index (χ2n) is 3.53. The summed E-state index contributed by atoms with van der Waals surface area (Å²) >= 11 is 0. The first-order valence-electron chi connectivity index (χ1n) is 5.20. The van der Waals surface area contributed by atoms with Crippen molar-refractivity contribution < 1.29 is 9.53 Å². The molecule has 3 heteroatoms. The van der Waals surface area contributed by atoms with Gasteiger partial charge in [-0.1, -0.05) is 13.3 Å². The van der Waals surface area contributed by atoms with Crippen molar-refractivity contribution in [2.45, 2.75) is 32.6 Å². The summed E-state index contributed by atoms with van der Waals surface area (Å²) in [5.41, 5.74) is 0. The lowest BCUT2D eigenvalue weighted by atomic mass is 10.4. The number of unbranched alkanes of at least 4 members (excludes halogenated alkanes) is 1. The van der Waals surface area contributed by atoms with E-state index in [0.717, 1.165) is 32.3 Å². The maximum Gasteiger partial charge on any atom is 0.223 e. The zero-order valence-electron chi connectivity index (χ0n) is 8.34. The fraction of sp³-hybridized carbons (Fsp3) is 0.900. The Hall–Kier alpha value is -0.570. The highest BCUT2D eigenvalue weighted by Crippen LogP contribution is 2.28. The van der Waals surface area contributed by atoms with Crippen LogP contribution in [0.2, 0.25) is 0 Å². The highest BCUT2D eigenvalue weighted by Gasteiger charge is 2.28. The molecule has 76 valence electrons. The number of hydrogen-bond donors (Lipinski definition) is 1. The van der Waals surface area contributed by atoms with Gasteiger partial charge in [-0.05, 0) is 19.3 Å². The van der Waals surface area contributed by atoms with E-state index in [4.69, 9.17) is 4.74 Å². The SMILES string of the molecule is CCCCOCCNC(=O)C1CC1. The largest absolute Gasteiger partial charge is 0.380 e. The van der Waals surface area contributed by atoms with Gasteiger partial charge in [-0.3, -0.25) is 4.79 Å². The maximum absolute atomic E-state index is 11.1. The molecule has 0 bridgehead atoms. The number of rotatable bonds is 7. The van der Waals surface area contributed by atoms with Crippen LogP contribution in [0.5, 0.6) is 0 Å². The lowest BCUT2D eigenvalue weighted by molar-refractivity contribution is -0.122. The molecule has 0 aromatic rings. The average Bonchev–Trinajstić information content (AvgIpc) is 2.93. The quantitative estimate of drug-likeness (QED) is 0.608. The summed E-state index contributed by atoms with van der Waals surface area (Å²) < 4.78 is 5.31. The second kappa shape index (κ2) is 5.97. The summed E-state index contributed by atoms with van der Waals surface area (Å²) in [7, 11) is 0. The fourth-order valence-electron chi connectivity index (χ4n) is 1.08. The van der Waals surface area contributed by atoms with E-state index < -0.39 is 0 Å². The van der Waals surface area contributed by atoms with Crippen LogP contribution < -0.4 is 5.32 Å². The Morgan fingerprint density at radius 3 is 2.85 bits per heavy atom. The first-order chi connectivity index (χ1) is 6.34. The van der Waals surface area contributed by atoms with Crippen molar-refractivity contribution in [2.24, 2.45) is 5.92 Å². The van der Waals surface area contributed by atoms with Crippen molar-refractivity contribution in [2.75, 3.05) is 19.8 Å². The average molecular weight is 185 g/mol. The molecule has 0 aliphatic heterocycles. The predicted octanol–water partition coefficient (Wildman–Crippen LogP) is 1.33. The molecule has 0 heterocycles. The van der Waals surface area contributed by atoms with Gasteiger partial charge in [0, 0.05) is 19.1 Å². The smallest absolute Gasteiger partial charge is 0.223 e. The van der Waals surface area contributed by atoms with Crippen LogP contribution in [0.15, 0.2) is 0 Å². The topological polar surface area (TPSA) is 38.3 Å². The number of nitrogens with one attached hydrogen (secondary N) is 1. The van der Waals surface area contributed by atoms with Crippen molar-refractivity contribution in [3.8, 4) is 0 Å². The van der Waals surface area contributed by atoms with Crippen molar-refractivity contribution in [1.29, 1.82) is 0 Å². The van der Waals surface area contributed by atoms with Crippen molar-refractivity contribution in [3.63, 3.8) is 0 Å². The molecule has 1 saturated carbocycles. The molecule has 0 spiro atoms. The standard InChI is InChI=1S/C10H19NO2/c1-2-3-7-13-8-6-11-10(12)9-4-5-9/h9H,2-8H2,1H3,(H,11,12). The van der Waals surface area contributed by atoms with Gasteiger partial charge < -0.3 is 10.1 Å². The minimum Gasteiger partial charge on any atom is -0.380 e. The Kier molecular flexibility index (Phi) is 4.83. The molecule has 1 amide bonds. The van der Waals surface area contributed by atoms with Crippen LogP contribution in [-0.2, 0) is 9.53 Å². The van der Waals surface area contributed by atoms with Crippen LogP contribution in [0.1, 0.15) is 32.6 Å². The molecule has 0 unspecified atom stereocenters. The zero-order chi connectivity index (χ0) is 9.52. The van der Waals surface area contributed by atoms with Gasteiger partial charge in [0.2, 0.25) is 5.91 Å². The minimum atomic E-state index is 0.207. The van der Waals surface area contributed by atoms with Crippen molar-refractivity contribution in [1.82, 2.24) is 5.32 Å². The Morgan fingerprint density at radius 1 is 1.46 bits per heavy atom. The summed E-state index contributed by atoms with van der Waals surface area (Å²) in [5.74, 6) is 0.523. The molecule has 1 N–H and O–H groups in total. The second-order valence-corrected chi connectivity index (χ2v) is 3.53. The van der Waals surface area contributed by atoms with Gasteiger partial charge in [-0.15, -0.1) is 0 Å². The number of carbonyl (C=O) groups is 1. The van der Waals surface area contributed by atoms with E-state index in [-0.39, 0.29) is 5.91 Å². The summed E-state index contributed by atoms with van der Waals surface area (Å²) in [6.45, 7) is 4.27. The number of ether oxygens (including phenoxy) is 1. The third kappa shape index (κ3) is 4.88. The van der Waals surface area contributed by atoms with Gasteiger partial charge in [-0.2, -0.15) is 0 Å². The van der Waals surface area contributed by atoms with E-state index in [1.807, 2.05) is 0 Å². The molecule has 13 heavy (non-hydrogen) atoms. The molecule has 1 rings (SSSR count). The van der Waals surface area contributed by atoms with Crippen LogP contribution in [0.25, 0.3) is 0 Å². The van der Waals surface area contributed by atoms with Crippen LogP contribution in [0, 0.1) is 5.92 Å². The Labute approximate surface area is 79.8 Å². The Bertz CT molecular complexity index is 155. The predicted molar refractivity (Wildman–Crippen MR) is 51.5 cm³/mol. The molecular formula is C10H19NO2. The highest BCUT2D eigenvalue weighted by molar-refractivity contribution is 5.80. The molecule has 3 nitrogen and oxygen atoms in total. The monoisotopic (exact) mass is 185 g/mol. The molecule has 1 aliphatic carbocycles. The molecule has 0 aromatic carbocycles. The normalized spacial score (nSPS) is 15.8. The molecule has 1 fully saturated rings. The zero-order valence-corrected chi connectivity index (χ0v) is 8.34. The first-order valence-corrected chi connectivity index (χ1v) is 5.20.